The minimum absolute atomic E-state index is 0.0844. The zero-order valence-corrected chi connectivity index (χ0v) is 24.6. The molecule has 5 heterocycles. The smallest absolute Gasteiger partial charge is 0.302 e. The molecule has 214 valence electrons. The fraction of sp³-hybridized carbons (Fsp3) is 0.419. The highest BCUT2D eigenvalue weighted by molar-refractivity contribution is 5.76. The van der Waals surface area contributed by atoms with Crippen molar-refractivity contribution in [2.24, 2.45) is 19.5 Å². The van der Waals surface area contributed by atoms with Crippen LogP contribution in [0.3, 0.4) is 0 Å². The van der Waals surface area contributed by atoms with E-state index in [1.165, 1.54) is 23.9 Å². The third kappa shape index (κ3) is 5.03. The molecule has 1 aliphatic carbocycles. The number of ether oxygens (including phenoxy) is 1. The van der Waals surface area contributed by atoms with Gasteiger partial charge in [-0.15, -0.1) is 0 Å². The number of nitrogens with one attached hydrogen (secondary N) is 1. The molecule has 1 N–H and O–H groups in total. The molecule has 0 aromatic carbocycles. The maximum Gasteiger partial charge on any atom is 0.302 e. The molecule has 2 aliphatic rings. The van der Waals surface area contributed by atoms with Crippen molar-refractivity contribution in [1.29, 1.82) is 0 Å². The van der Waals surface area contributed by atoms with Gasteiger partial charge in [0.1, 0.15) is 18.1 Å². The Morgan fingerprint density at radius 2 is 1.95 bits per heavy atom. The number of aromatic nitrogens is 5. The lowest BCUT2D eigenvalue weighted by atomic mass is 9.90. The van der Waals surface area contributed by atoms with E-state index in [0.717, 1.165) is 60.7 Å². The number of rotatable bonds is 6. The molecule has 41 heavy (non-hydrogen) atoms. The molecule has 0 bridgehead atoms. The fourth-order valence-corrected chi connectivity index (χ4v) is 6.24. The van der Waals surface area contributed by atoms with Crippen LogP contribution in [0.1, 0.15) is 49.0 Å². The average Bonchev–Trinajstić information content (AvgIpc) is 3.52. The first-order chi connectivity index (χ1) is 19.5. The van der Waals surface area contributed by atoms with Crippen molar-refractivity contribution in [3.05, 3.63) is 75.2 Å². The van der Waals surface area contributed by atoms with E-state index in [0.29, 0.717) is 16.9 Å². The van der Waals surface area contributed by atoms with Crippen LogP contribution in [0, 0.1) is 12.3 Å². The Kier molecular flexibility index (Phi) is 6.51. The van der Waals surface area contributed by atoms with Crippen LogP contribution in [0.25, 0.3) is 11.1 Å². The predicted octanol–water partition coefficient (Wildman–Crippen LogP) is 4.24. The van der Waals surface area contributed by atoms with Gasteiger partial charge in [-0.25, -0.2) is 4.98 Å². The summed E-state index contributed by atoms with van der Waals surface area (Å²) in [6.07, 6.45) is 5.81. The van der Waals surface area contributed by atoms with Gasteiger partial charge in [0.05, 0.1) is 6.54 Å². The maximum absolute atomic E-state index is 13.1. The van der Waals surface area contributed by atoms with E-state index in [-0.39, 0.29) is 18.1 Å². The predicted molar refractivity (Wildman–Crippen MR) is 158 cm³/mol. The number of hydrogen-bond acceptors (Lipinski definition) is 7. The Labute approximate surface area is 239 Å². The van der Waals surface area contributed by atoms with Gasteiger partial charge in [0, 0.05) is 80.8 Å². The van der Waals surface area contributed by atoms with E-state index >= 15 is 0 Å². The number of fused-ring (bicyclic) bond motifs is 3. The zero-order chi connectivity index (χ0) is 29.1. The SMILES string of the molecule is CC(=O)OCc1c(-c2cc(Nc3cc(C)n(C)n3)c(=O)n(C)c2)ccnc1N1CCn2c(cc3c2CC(C)(C)C3)C1. The van der Waals surface area contributed by atoms with Crippen LogP contribution in [0.15, 0.2) is 41.5 Å². The van der Waals surface area contributed by atoms with Crippen molar-refractivity contribution in [2.75, 3.05) is 16.8 Å². The van der Waals surface area contributed by atoms with E-state index in [4.69, 9.17) is 9.72 Å². The summed E-state index contributed by atoms with van der Waals surface area (Å²) in [5.41, 5.74) is 8.25. The molecule has 6 rings (SSSR count). The third-order valence-corrected chi connectivity index (χ3v) is 8.27. The first kappa shape index (κ1) is 26.9. The molecule has 4 aromatic rings. The summed E-state index contributed by atoms with van der Waals surface area (Å²) in [6.45, 7) is 10.5. The number of carbonyl (C=O) groups excluding carboxylic acids is 1. The minimum atomic E-state index is -0.356. The molecule has 10 heteroatoms. The topological polar surface area (TPSA) is 99.2 Å². The van der Waals surface area contributed by atoms with E-state index in [2.05, 4.69) is 39.8 Å². The van der Waals surface area contributed by atoms with Crippen LogP contribution in [0.5, 0.6) is 0 Å². The largest absolute Gasteiger partial charge is 0.461 e. The number of pyridine rings is 2. The Morgan fingerprint density at radius 1 is 1.15 bits per heavy atom. The zero-order valence-electron chi connectivity index (χ0n) is 24.6. The van der Waals surface area contributed by atoms with Gasteiger partial charge in [-0.3, -0.25) is 14.3 Å². The molecule has 0 unspecified atom stereocenters. The van der Waals surface area contributed by atoms with Crippen molar-refractivity contribution < 1.29 is 9.53 Å². The molecule has 0 fully saturated rings. The average molecular weight is 556 g/mol. The molecule has 10 nitrogen and oxygen atoms in total. The van der Waals surface area contributed by atoms with E-state index in [1.54, 1.807) is 28.7 Å². The van der Waals surface area contributed by atoms with Crippen LogP contribution < -0.4 is 15.8 Å². The maximum atomic E-state index is 13.1. The summed E-state index contributed by atoms with van der Waals surface area (Å²) in [7, 11) is 3.59. The van der Waals surface area contributed by atoms with Crippen LogP contribution in [-0.2, 0) is 56.2 Å². The minimum Gasteiger partial charge on any atom is -0.461 e. The van der Waals surface area contributed by atoms with Gasteiger partial charge >= 0.3 is 5.97 Å². The standard InChI is InChI=1S/C31H37N7O3/c1-19-11-28(34-36(19)6)33-26-13-22(16-35(5)30(26)40)24-7-8-32-29(25(24)18-41-20(2)39)37-9-10-38-23(17-37)12-21-14-31(3,4)15-27(21)38/h7-8,11-13,16H,9-10,14-15,17-18H2,1-6H3,(H,33,34). The lowest BCUT2D eigenvalue weighted by Gasteiger charge is -2.33. The van der Waals surface area contributed by atoms with Gasteiger partial charge in [0.25, 0.3) is 5.56 Å². The monoisotopic (exact) mass is 555 g/mol. The number of hydrogen-bond donors (Lipinski definition) is 1. The lowest BCUT2D eigenvalue weighted by Crippen LogP contribution is -2.35. The number of carbonyl (C=O) groups is 1. The Balaban J connectivity index is 1.38. The lowest BCUT2D eigenvalue weighted by molar-refractivity contribution is -0.142. The van der Waals surface area contributed by atoms with Crippen molar-refractivity contribution in [3.63, 3.8) is 0 Å². The number of aryl methyl sites for hydroxylation is 3. The number of nitrogens with zero attached hydrogens (tertiary/aromatic N) is 6. The Hall–Kier alpha value is -4.34. The highest BCUT2D eigenvalue weighted by Crippen LogP contribution is 2.40. The third-order valence-electron chi connectivity index (χ3n) is 8.27. The summed E-state index contributed by atoms with van der Waals surface area (Å²) < 4.78 is 11.4. The second-order valence-electron chi connectivity index (χ2n) is 12.1. The summed E-state index contributed by atoms with van der Waals surface area (Å²) in [4.78, 5) is 32.0. The Morgan fingerprint density at radius 3 is 2.68 bits per heavy atom. The molecule has 4 aromatic heterocycles. The molecule has 0 spiro atoms. The molecule has 0 saturated carbocycles. The van der Waals surface area contributed by atoms with E-state index in [1.807, 2.05) is 32.2 Å². The van der Waals surface area contributed by atoms with E-state index < -0.39 is 0 Å². The summed E-state index contributed by atoms with van der Waals surface area (Å²) >= 11 is 0. The molecule has 0 atom stereocenters. The van der Waals surface area contributed by atoms with Crippen molar-refractivity contribution in [3.8, 4) is 11.1 Å². The number of anilines is 3. The first-order valence-corrected chi connectivity index (χ1v) is 14.0. The molecule has 1 aliphatic heterocycles. The van der Waals surface area contributed by atoms with Gasteiger partial charge in [0.15, 0.2) is 5.82 Å². The van der Waals surface area contributed by atoms with Crippen molar-refractivity contribution in [2.45, 2.75) is 60.2 Å². The van der Waals surface area contributed by atoms with Crippen LogP contribution in [0.4, 0.5) is 17.3 Å². The van der Waals surface area contributed by atoms with Crippen molar-refractivity contribution in [1.82, 2.24) is 23.9 Å². The highest BCUT2D eigenvalue weighted by Gasteiger charge is 2.34. The summed E-state index contributed by atoms with van der Waals surface area (Å²) in [5.74, 6) is 1.03. The van der Waals surface area contributed by atoms with Gasteiger partial charge in [-0.2, -0.15) is 5.10 Å². The molecule has 0 amide bonds. The quantitative estimate of drug-likeness (QED) is 0.355. The molecule has 0 saturated heterocycles. The highest BCUT2D eigenvalue weighted by atomic mass is 16.5. The van der Waals surface area contributed by atoms with E-state index in [9.17, 15) is 9.59 Å². The van der Waals surface area contributed by atoms with Gasteiger partial charge in [-0.1, -0.05) is 13.8 Å². The van der Waals surface area contributed by atoms with Crippen LogP contribution in [0.2, 0.25) is 0 Å². The normalized spacial score (nSPS) is 15.5. The molecular weight excluding hydrogens is 518 g/mol. The molecular formula is C31H37N7O3. The van der Waals surface area contributed by atoms with Crippen LogP contribution in [-0.4, -0.2) is 36.4 Å². The van der Waals surface area contributed by atoms with Crippen molar-refractivity contribution >= 4 is 23.3 Å². The first-order valence-electron chi connectivity index (χ1n) is 14.0. The number of esters is 1. The van der Waals surface area contributed by atoms with Gasteiger partial charge in [-0.05, 0) is 54.5 Å². The summed E-state index contributed by atoms with van der Waals surface area (Å²) in [6, 6.07) is 8.00. The molecule has 0 radical (unpaired) electrons. The summed E-state index contributed by atoms with van der Waals surface area (Å²) in [5, 5.41) is 7.63. The second-order valence-corrected chi connectivity index (χ2v) is 12.1. The van der Waals surface area contributed by atoms with Crippen LogP contribution >= 0.6 is 0 Å². The second kappa shape index (κ2) is 9.94. The fourth-order valence-electron chi connectivity index (χ4n) is 6.24. The van der Waals surface area contributed by atoms with Gasteiger partial charge in [0.2, 0.25) is 0 Å². The van der Waals surface area contributed by atoms with Gasteiger partial charge < -0.3 is 24.1 Å². The Bertz CT molecular complexity index is 1710.